The van der Waals surface area contributed by atoms with Gasteiger partial charge in [-0.1, -0.05) is 17.9 Å². The van der Waals surface area contributed by atoms with Crippen LogP contribution in [0.4, 0.5) is 0 Å². The van der Waals surface area contributed by atoms with Crippen LogP contribution < -0.4 is 5.73 Å². The number of hydrogen-bond donors (Lipinski definition) is 1. The minimum atomic E-state index is 0.423. The molecule has 0 atom stereocenters. The van der Waals surface area contributed by atoms with Crippen LogP contribution in [0.2, 0.25) is 0 Å². The Morgan fingerprint density at radius 1 is 1.36 bits per heavy atom. The van der Waals surface area contributed by atoms with Crippen LogP contribution in [0.1, 0.15) is 5.69 Å². The van der Waals surface area contributed by atoms with Gasteiger partial charge in [-0.3, -0.25) is 4.98 Å². The van der Waals surface area contributed by atoms with Crippen molar-refractivity contribution in [1.29, 1.82) is 0 Å². The summed E-state index contributed by atoms with van der Waals surface area (Å²) in [5, 5.41) is 0. The van der Waals surface area contributed by atoms with Crippen LogP contribution in [0, 0.1) is 11.8 Å². The highest BCUT2D eigenvalue weighted by atomic mass is 14.7. The maximum absolute atomic E-state index is 5.20. The van der Waals surface area contributed by atoms with E-state index in [1.165, 1.54) is 0 Å². The third kappa shape index (κ3) is 2.83. The van der Waals surface area contributed by atoms with E-state index in [1.54, 1.807) is 6.20 Å². The van der Waals surface area contributed by atoms with Gasteiger partial charge < -0.3 is 5.73 Å². The lowest BCUT2D eigenvalue weighted by atomic mass is 10.3. The molecule has 2 N–H and O–H groups in total. The lowest BCUT2D eigenvalue weighted by molar-refractivity contribution is 1.13. The van der Waals surface area contributed by atoms with Gasteiger partial charge in [-0.2, -0.15) is 0 Å². The lowest BCUT2D eigenvalue weighted by Gasteiger charge is -1.89. The van der Waals surface area contributed by atoms with Gasteiger partial charge in [0.25, 0.3) is 0 Å². The van der Waals surface area contributed by atoms with Crippen molar-refractivity contribution in [3.63, 3.8) is 0 Å². The molecule has 0 fully saturated rings. The molecule has 0 radical (unpaired) electrons. The van der Waals surface area contributed by atoms with E-state index in [4.69, 9.17) is 5.73 Å². The minimum Gasteiger partial charge on any atom is -0.320 e. The molecular weight excluding hydrogens is 136 g/mol. The standard InChI is InChI=1S/C9H10N2/c10-7-3-1-5-9-6-2-4-8-11-9/h2,4,6,8H,5,7,10H2. The minimum absolute atomic E-state index is 0.423. The first-order valence-corrected chi connectivity index (χ1v) is 3.49. The van der Waals surface area contributed by atoms with Crippen molar-refractivity contribution in [1.82, 2.24) is 4.98 Å². The Kier molecular flexibility index (Phi) is 3.17. The molecule has 0 aliphatic carbocycles. The van der Waals surface area contributed by atoms with E-state index in [-0.39, 0.29) is 0 Å². The fraction of sp³-hybridized carbons (Fsp3) is 0.222. The second kappa shape index (κ2) is 4.48. The molecule has 0 spiro atoms. The molecule has 56 valence electrons. The SMILES string of the molecule is NCC#CCc1ccccn1. The van der Waals surface area contributed by atoms with E-state index in [9.17, 15) is 0 Å². The molecule has 0 aromatic carbocycles. The first kappa shape index (κ1) is 7.77. The molecule has 0 bridgehead atoms. The first-order chi connectivity index (χ1) is 5.43. The zero-order valence-corrected chi connectivity index (χ0v) is 6.25. The van der Waals surface area contributed by atoms with Crippen molar-refractivity contribution in [2.75, 3.05) is 6.54 Å². The van der Waals surface area contributed by atoms with Crippen molar-refractivity contribution in [2.24, 2.45) is 5.73 Å². The fourth-order valence-corrected chi connectivity index (χ4v) is 0.728. The third-order valence-electron chi connectivity index (χ3n) is 1.22. The highest BCUT2D eigenvalue weighted by molar-refractivity contribution is 5.13. The Labute approximate surface area is 66.4 Å². The normalized spacial score (nSPS) is 8.45. The molecular formula is C9H10N2. The van der Waals surface area contributed by atoms with Crippen LogP contribution in [0.3, 0.4) is 0 Å². The molecule has 2 heteroatoms. The summed E-state index contributed by atoms with van der Waals surface area (Å²) in [5.41, 5.74) is 6.19. The van der Waals surface area contributed by atoms with Crippen LogP contribution >= 0.6 is 0 Å². The zero-order chi connectivity index (χ0) is 7.94. The Morgan fingerprint density at radius 2 is 2.27 bits per heavy atom. The summed E-state index contributed by atoms with van der Waals surface area (Å²) in [6.45, 7) is 0.423. The van der Waals surface area contributed by atoms with Gasteiger partial charge in [0.2, 0.25) is 0 Å². The van der Waals surface area contributed by atoms with Gasteiger partial charge in [0.05, 0.1) is 18.7 Å². The number of nitrogens with zero attached hydrogens (tertiary/aromatic N) is 1. The van der Waals surface area contributed by atoms with E-state index in [1.807, 2.05) is 18.2 Å². The molecule has 0 unspecified atom stereocenters. The van der Waals surface area contributed by atoms with Gasteiger partial charge in [0.15, 0.2) is 0 Å². The summed E-state index contributed by atoms with van der Waals surface area (Å²) < 4.78 is 0. The average Bonchev–Trinajstić information content (AvgIpc) is 2.07. The van der Waals surface area contributed by atoms with E-state index in [2.05, 4.69) is 16.8 Å². The highest BCUT2D eigenvalue weighted by Gasteiger charge is 1.85. The molecule has 0 aliphatic heterocycles. The maximum atomic E-state index is 5.20. The third-order valence-corrected chi connectivity index (χ3v) is 1.22. The van der Waals surface area contributed by atoms with Crippen LogP contribution in [-0.2, 0) is 6.42 Å². The predicted molar refractivity (Wildman–Crippen MR) is 44.8 cm³/mol. The number of nitrogens with two attached hydrogens (primary N) is 1. The number of pyridine rings is 1. The summed E-state index contributed by atoms with van der Waals surface area (Å²) in [4.78, 5) is 4.11. The predicted octanol–water partition coefficient (Wildman–Crippen LogP) is 0.586. The van der Waals surface area contributed by atoms with Crippen molar-refractivity contribution < 1.29 is 0 Å². The Morgan fingerprint density at radius 3 is 2.91 bits per heavy atom. The van der Waals surface area contributed by atoms with Crippen molar-refractivity contribution >= 4 is 0 Å². The smallest absolute Gasteiger partial charge is 0.0551 e. The van der Waals surface area contributed by atoms with Crippen LogP contribution in [-0.4, -0.2) is 11.5 Å². The van der Waals surface area contributed by atoms with E-state index in [0.29, 0.717) is 13.0 Å². The summed E-state index contributed by atoms with van der Waals surface area (Å²) in [7, 11) is 0. The lowest BCUT2D eigenvalue weighted by Crippen LogP contribution is -1.93. The van der Waals surface area contributed by atoms with E-state index < -0.39 is 0 Å². The summed E-state index contributed by atoms with van der Waals surface area (Å²) in [6.07, 6.45) is 2.46. The van der Waals surface area contributed by atoms with Crippen LogP contribution in [0.25, 0.3) is 0 Å². The molecule has 0 aliphatic rings. The molecule has 1 rings (SSSR count). The van der Waals surface area contributed by atoms with Gasteiger partial charge in [-0.25, -0.2) is 0 Å². The Balaban J connectivity index is 2.52. The van der Waals surface area contributed by atoms with Gasteiger partial charge in [0.1, 0.15) is 0 Å². The van der Waals surface area contributed by atoms with E-state index in [0.717, 1.165) is 5.69 Å². The van der Waals surface area contributed by atoms with Crippen molar-refractivity contribution in [3.05, 3.63) is 30.1 Å². The highest BCUT2D eigenvalue weighted by Crippen LogP contribution is 1.92. The Bertz CT molecular complexity index is 256. The number of rotatable bonds is 1. The molecule has 11 heavy (non-hydrogen) atoms. The second-order valence-electron chi connectivity index (χ2n) is 2.06. The monoisotopic (exact) mass is 146 g/mol. The molecule has 0 saturated carbocycles. The quantitative estimate of drug-likeness (QED) is 0.589. The summed E-state index contributed by atoms with van der Waals surface area (Å²) in [5.74, 6) is 5.70. The molecule has 0 saturated heterocycles. The van der Waals surface area contributed by atoms with Crippen LogP contribution in [0.5, 0.6) is 0 Å². The number of hydrogen-bond acceptors (Lipinski definition) is 2. The maximum Gasteiger partial charge on any atom is 0.0551 e. The topological polar surface area (TPSA) is 38.9 Å². The van der Waals surface area contributed by atoms with Crippen molar-refractivity contribution in [2.45, 2.75) is 6.42 Å². The van der Waals surface area contributed by atoms with Crippen molar-refractivity contribution in [3.8, 4) is 11.8 Å². The fourth-order valence-electron chi connectivity index (χ4n) is 0.728. The average molecular weight is 146 g/mol. The van der Waals surface area contributed by atoms with Crippen LogP contribution in [0.15, 0.2) is 24.4 Å². The first-order valence-electron chi connectivity index (χ1n) is 3.49. The molecule has 0 amide bonds. The number of aromatic nitrogens is 1. The molecule has 1 heterocycles. The second-order valence-corrected chi connectivity index (χ2v) is 2.06. The summed E-state index contributed by atoms with van der Waals surface area (Å²) in [6, 6.07) is 5.79. The molecule has 1 aromatic heterocycles. The van der Waals surface area contributed by atoms with Gasteiger partial charge in [-0.05, 0) is 12.1 Å². The van der Waals surface area contributed by atoms with Gasteiger partial charge >= 0.3 is 0 Å². The molecule has 2 nitrogen and oxygen atoms in total. The van der Waals surface area contributed by atoms with Gasteiger partial charge in [0, 0.05) is 6.20 Å². The van der Waals surface area contributed by atoms with E-state index >= 15 is 0 Å². The van der Waals surface area contributed by atoms with Gasteiger partial charge in [-0.15, -0.1) is 0 Å². The summed E-state index contributed by atoms with van der Waals surface area (Å²) >= 11 is 0. The zero-order valence-electron chi connectivity index (χ0n) is 6.25. The molecule has 1 aromatic rings. The largest absolute Gasteiger partial charge is 0.320 e. The Hall–Kier alpha value is -1.33.